The minimum absolute atomic E-state index is 0.00893. The number of rotatable bonds is 2. The number of pyridine rings is 1. The lowest BCUT2D eigenvalue weighted by Crippen LogP contribution is -2.17. The maximum absolute atomic E-state index is 9.21. The number of hydrogen-bond acceptors (Lipinski definition) is 5. The molecule has 1 aromatic rings. The number of benzene rings is 1. The Hall–Kier alpha value is -2.25. The Bertz CT molecular complexity index is 921. The standard InChI is InChI=1S/C16H14BrN5O/c17-13-7-11-8-19-16(20-12-3-1-2-10(6-12)9-23)21-14(11)22-5-4-18-15(13)22/h1-3,6-8,18,23H,4-5,9H2. The number of nitrogens with one attached hydrogen (secondary N) is 1. The van der Waals surface area contributed by atoms with Crippen LogP contribution in [0.4, 0.5) is 11.5 Å². The van der Waals surface area contributed by atoms with Gasteiger partial charge in [0.25, 0.3) is 5.62 Å². The molecule has 2 N–H and O–H groups in total. The van der Waals surface area contributed by atoms with Gasteiger partial charge in [-0.1, -0.05) is 12.1 Å². The molecule has 6 nitrogen and oxygen atoms in total. The largest absolute Gasteiger partial charge is 0.392 e. The first kappa shape index (κ1) is 14.3. The fourth-order valence-corrected chi connectivity index (χ4v) is 3.31. The minimum atomic E-state index is -0.00893. The summed E-state index contributed by atoms with van der Waals surface area (Å²) in [5.74, 6) is 1.89. The summed E-state index contributed by atoms with van der Waals surface area (Å²) in [6.45, 7) is 1.74. The Kier molecular flexibility index (Phi) is 3.59. The molecule has 7 heteroatoms. The van der Waals surface area contributed by atoms with E-state index in [9.17, 15) is 5.11 Å². The van der Waals surface area contributed by atoms with Gasteiger partial charge in [-0.25, -0.2) is 9.98 Å². The second kappa shape index (κ2) is 5.75. The number of hydrogen-bond donors (Lipinski definition) is 2. The van der Waals surface area contributed by atoms with Gasteiger partial charge >= 0.3 is 0 Å². The molecule has 0 aliphatic carbocycles. The fraction of sp³-hybridized carbons (Fsp3) is 0.188. The van der Waals surface area contributed by atoms with Gasteiger partial charge in [-0.15, -0.1) is 0 Å². The second-order valence-electron chi connectivity index (χ2n) is 5.31. The predicted octanol–water partition coefficient (Wildman–Crippen LogP) is 2.30. The van der Waals surface area contributed by atoms with Crippen LogP contribution in [0.1, 0.15) is 5.56 Å². The van der Waals surface area contributed by atoms with Gasteiger partial charge in [0.1, 0.15) is 11.6 Å². The van der Waals surface area contributed by atoms with Gasteiger partial charge in [0.2, 0.25) is 0 Å². The van der Waals surface area contributed by atoms with Crippen molar-refractivity contribution in [1.82, 2.24) is 14.5 Å². The maximum atomic E-state index is 9.21. The normalized spacial score (nSPS) is 14.1. The Morgan fingerprint density at radius 1 is 1.35 bits per heavy atom. The maximum Gasteiger partial charge on any atom is 0.251 e. The van der Waals surface area contributed by atoms with Crippen molar-refractivity contribution < 1.29 is 5.11 Å². The molecule has 3 heterocycles. The lowest BCUT2D eigenvalue weighted by atomic mass is 10.2. The summed E-state index contributed by atoms with van der Waals surface area (Å²) in [5.41, 5.74) is 2.92. The molecule has 0 bridgehead atoms. The van der Waals surface area contributed by atoms with E-state index in [2.05, 4.69) is 40.8 Å². The van der Waals surface area contributed by atoms with E-state index < -0.39 is 0 Å². The Morgan fingerprint density at radius 2 is 2.26 bits per heavy atom. The van der Waals surface area contributed by atoms with E-state index in [1.165, 1.54) is 0 Å². The van der Waals surface area contributed by atoms with E-state index in [-0.39, 0.29) is 6.61 Å². The van der Waals surface area contributed by atoms with Crippen LogP contribution in [-0.2, 0) is 13.2 Å². The monoisotopic (exact) mass is 371 g/mol. The van der Waals surface area contributed by atoms with Gasteiger partial charge in [-0.05, 0) is 39.7 Å². The molecular weight excluding hydrogens is 358 g/mol. The first-order valence-electron chi connectivity index (χ1n) is 7.29. The molecular formula is C16H14BrN5O. The minimum Gasteiger partial charge on any atom is -0.392 e. The lowest BCUT2D eigenvalue weighted by Gasteiger charge is -2.13. The van der Waals surface area contributed by atoms with Crippen molar-refractivity contribution in [3.63, 3.8) is 0 Å². The summed E-state index contributed by atoms with van der Waals surface area (Å²) in [6, 6.07) is 9.42. The smallest absolute Gasteiger partial charge is 0.251 e. The van der Waals surface area contributed by atoms with Gasteiger partial charge in [0, 0.05) is 24.8 Å². The van der Waals surface area contributed by atoms with Gasteiger partial charge in [-0.2, -0.15) is 4.98 Å². The Labute approximate surface area is 141 Å². The van der Waals surface area contributed by atoms with E-state index in [0.717, 1.165) is 46.0 Å². The summed E-state index contributed by atoms with van der Waals surface area (Å²) in [5, 5.41) is 12.6. The zero-order valence-electron chi connectivity index (χ0n) is 12.2. The van der Waals surface area contributed by atoms with Crippen molar-refractivity contribution in [2.45, 2.75) is 13.2 Å². The van der Waals surface area contributed by atoms with Crippen molar-refractivity contribution in [2.24, 2.45) is 4.99 Å². The first-order chi connectivity index (χ1) is 11.2. The van der Waals surface area contributed by atoms with Crippen LogP contribution in [0.5, 0.6) is 0 Å². The highest BCUT2D eigenvalue weighted by Crippen LogP contribution is 2.33. The third-order valence-corrected chi connectivity index (χ3v) is 4.37. The number of aliphatic hydroxyl groups excluding tert-OH is 1. The van der Waals surface area contributed by atoms with E-state index in [0.29, 0.717) is 5.62 Å². The molecule has 0 radical (unpaired) electrons. The molecule has 4 rings (SSSR count). The fourth-order valence-electron chi connectivity index (χ4n) is 2.71. The van der Waals surface area contributed by atoms with Crippen LogP contribution in [0.3, 0.4) is 0 Å². The third kappa shape index (κ3) is 2.62. The molecule has 0 spiro atoms. The number of aromatic nitrogens is 3. The molecule has 0 unspecified atom stereocenters. The Balaban J connectivity index is 1.87. The molecule has 3 aliphatic heterocycles. The molecule has 0 aromatic heterocycles. The first-order valence-corrected chi connectivity index (χ1v) is 8.08. The van der Waals surface area contributed by atoms with E-state index in [1.807, 2.05) is 30.3 Å². The van der Waals surface area contributed by atoms with Crippen LogP contribution in [-0.4, -0.2) is 26.2 Å². The highest BCUT2D eigenvalue weighted by Gasteiger charge is 2.19. The molecule has 0 atom stereocenters. The van der Waals surface area contributed by atoms with Crippen molar-refractivity contribution >= 4 is 27.4 Å². The molecule has 116 valence electrons. The Morgan fingerprint density at radius 3 is 3.13 bits per heavy atom. The molecule has 0 amide bonds. The summed E-state index contributed by atoms with van der Waals surface area (Å²) in [4.78, 5) is 13.4. The van der Waals surface area contributed by atoms with E-state index in [1.54, 1.807) is 6.20 Å². The van der Waals surface area contributed by atoms with Crippen LogP contribution in [0.15, 0.2) is 46.0 Å². The number of halogens is 1. The molecule has 0 fully saturated rings. The highest BCUT2D eigenvalue weighted by molar-refractivity contribution is 9.10. The zero-order chi connectivity index (χ0) is 15.8. The average molecular weight is 372 g/mol. The number of fused-ring (bicyclic) bond motifs is 3. The topological polar surface area (TPSA) is 75.3 Å². The summed E-state index contributed by atoms with van der Waals surface area (Å²) >= 11 is 3.57. The van der Waals surface area contributed by atoms with Crippen LogP contribution < -0.4 is 10.9 Å². The number of anilines is 1. The van der Waals surface area contributed by atoms with Gasteiger partial charge < -0.3 is 15.0 Å². The molecule has 0 saturated carbocycles. The van der Waals surface area contributed by atoms with Crippen LogP contribution in [0, 0.1) is 0 Å². The van der Waals surface area contributed by atoms with Crippen molar-refractivity contribution in [2.75, 3.05) is 11.9 Å². The predicted molar refractivity (Wildman–Crippen MR) is 90.4 cm³/mol. The quantitative estimate of drug-likeness (QED) is 0.724. The average Bonchev–Trinajstić information content (AvgIpc) is 3.06. The van der Waals surface area contributed by atoms with Gasteiger partial charge in [0.15, 0.2) is 0 Å². The van der Waals surface area contributed by atoms with Crippen molar-refractivity contribution in [3.8, 4) is 11.4 Å². The lowest BCUT2D eigenvalue weighted by molar-refractivity contribution is 0.282. The number of aliphatic hydroxyl groups is 1. The van der Waals surface area contributed by atoms with Crippen molar-refractivity contribution in [3.05, 3.63) is 52.2 Å². The summed E-state index contributed by atoms with van der Waals surface area (Å²) in [7, 11) is 0. The molecule has 0 saturated heterocycles. The summed E-state index contributed by atoms with van der Waals surface area (Å²) in [6.07, 6.45) is 1.79. The van der Waals surface area contributed by atoms with Gasteiger partial charge in [-0.3, -0.25) is 0 Å². The molecule has 1 aromatic carbocycles. The second-order valence-corrected chi connectivity index (χ2v) is 6.16. The molecule has 3 aliphatic rings. The van der Waals surface area contributed by atoms with Crippen LogP contribution >= 0.6 is 15.9 Å². The summed E-state index contributed by atoms with van der Waals surface area (Å²) < 4.78 is 3.14. The van der Waals surface area contributed by atoms with Crippen LogP contribution in [0.25, 0.3) is 11.4 Å². The van der Waals surface area contributed by atoms with E-state index in [4.69, 9.17) is 0 Å². The van der Waals surface area contributed by atoms with Crippen molar-refractivity contribution in [1.29, 1.82) is 0 Å². The van der Waals surface area contributed by atoms with Gasteiger partial charge in [0.05, 0.1) is 16.8 Å². The van der Waals surface area contributed by atoms with E-state index >= 15 is 0 Å². The molecule has 23 heavy (non-hydrogen) atoms. The zero-order valence-corrected chi connectivity index (χ0v) is 13.8. The number of nitrogens with zero attached hydrogens (tertiary/aromatic N) is 4. The highest BCUT2D eigenvalue weighted by atomic mass is 79.9. The third-order valence-electron chi connectivity index (χ3n) is 3.77. The van der Waals surface area contributed by atoms with Crippen LogP contribution in [0.2, 0.25) is 0 Å². The SMILES string of the molecule is OCc1cccc(N=c2ncc3cc(Br)c4n(c-3n2)CCN4)c1.